The summed E-state index contributed by atoms with van der Waals surface area (Å²) in [5.74, 6) is -1.83. The average Bonchev–Trinajstić information content (AvgIpc) is 2.47. The molecule has 1 N–H and O–H groups in total. The van der Waals surface area contributed by atoms with Crippen LogP contribution < -0.4 is 10.9 Å². The Morgan fingerprint density at radius 2 is 2.20 bits per heavy atom. The number of nitrogens with zero attached hydrogens (tertiary/aromatic N) is 2. The molecule has 1 aromatic heterocycles. The first-order valence-corrected chi connectivity index (χ1v) is 6.37. The summed E-state index contributed by atoms with van der Waals surface area (Å²) in [7, 11) is 0. The molecule has 0 spiro atoms. The van der Waals surface area contributed by atoms with Crippen molar-refractivity contribution in [2.24, 2.45) is 0 Å². The lowest BCUT2D eigenvalue weighted by atomic mass is 10.1. The zero-order valence-corrected chi connectivity index (χ0v) is 10.7. The van der Waals surface area contributed by atoms with Crippen molar-refractivity contribution in [2.75, 3.05) is 6.54 Å². The van der Waals surface area contributed by atoms with Crippen molar-refractivity contribution in [1.82, 2.24) is 14.9 Å². The van der Waals surface area contributed by atoms with Crippen molar-refractivity contribution in [3.63, 3.8) is 0 Å². The van der Waals surface area contributed by atoms with Crippen LogP contribution in [0.3, 0.4) is 0 Å². The van der Waals surface area contributed by atoms with Gasteiger partial charge >= 0.3 is 0 Å². The maximum absolute atomic E-state index is 13.6. The Morgan fingerprint density at radius 1 is 1.35 bits per heavy atom. The van der Waals surface area contributed by atoms with Crippen LogP contribution in [0.15, 0.2) is 29.3 Å². The van der Waals surface area contributed by atoms with Crippen LogP contribution in [0.25, 0.3) is 0 Å². The second kappa shape index (κ2) is 5.13. The summed E-state index contributed by atoms with van der Waals surface area (Å²) in [6.45, 7) is 1.28. The number of hydrogen-bond acceptors (Lipinski definition) is 3. The van der Waals surface area contributed by atoms with Gasteiger partial charge in [-0.25, -0.2) is 13.8 Å². The molecular weight excluding hydrogens is 264 g/mol. The Hall–Kier alpha value is -2.08. The highest BCUT2D eigenvalue weighted by Crippen LogP contribution is 2.13. The van der Waals surface area contributed by atoms with E-state index in [9.17, 15) is 13.6 Å². The lowest BCUT2D eigenvalue weighted by Crippen LogP contribution is -2.34. The maximum atomic E-state index is 13.6. The van der Waals surface area contributed by atoms with Crippen LogP contribution in [-0.4, -0.2) is 16.1 Å². The number of fused-ring (bicyclic) bond motifs is 1. The fourth-order valence-corrected chi connectivity index (χ4v) is 2.36. The lowest BCUT2D eigenvalue weighted by molar-refractivity contribution is 0.493. The lowest BCUT2D eigenvalue weighted by Gasteiger charge is -2.17. The molecule has 2 aromatic rings. The van der Waals surface area contributed by atoms with Crippen molar-refractivity contribution in [3.05, 3.63) is 63.3 Å². The predicted octanol–water partition coefficient (Wildman–Crippen LogP) is 1.22. The van der Waals surface area contributed by atoms with E-state index >= 15 is 0 Å². The van der Waals surface area contributed by atoms with Crippen LogP contribution in [0.4, 0.5) is 8.78 Å². The van der Waals surface area contributed by atoms with E-state index in [0.29, 0.717) is 18.5 Å². The molecule has 1 aliphatic rings. The fourth-order valence-electron chi connectivity index (χ4n) is 2.36. The van der Waals surface area contributed by atoms with Crippen molar-refractivity contribution in [1.29, 1.82) is 0 Å². The van der Waals surface area contributed by atoms with E-state index in [1.807, 2.05) is 0 Å². The third kappa shape index (κ3) is 2.22. The van der Waals surface area contributed by atoms with Gasteiger partial charge in [-0.15, -0.1) is 0 Å². The van der Waals surface area contributed by atoms with Crippen molar-refractivity contribution >= 4 is 0 Å². The molecule has 2 heterocycles. The average molecular weight is 277 g/mol. The summed E-state index contributed by atoms with van der Waals surface area (Å²) in [4.78, 5) is 16.5. The molecule has 0 bridgehead atoms. The van der Waals surface area contributed by atoms with Gasteiger partial charge in [-0.05, 0) is 19.0 Å². The minimum Gasteiger partial charge on any atom is -0.311 e. The maximum Gasteiger partial charge on any atom is 0.257 e. The van der Waals surface area contributed by atoms with Gasteiger partial charge in [0.25, 0.3) is 5.56 Å². The van der Waals surface area contributed by atoms with Gasteiger partial charge in [0.1, 0.15) is 0 Å². The summed E-state index contributed by atoms with van der Waals surface area (Å²) < 4.78 is 28.1. The highest BCUT2D eigenvalue weighted by molar-refractivity contribution is 5.22. The summed E-state index contributed by atoms with van der Waals surface area (Å²) in [6, 6.07) is 3.94. The SMILES string of the molecule is O=c1c2c(ncn1Cc1cccc(F)c1F)CNCC2. The summed E-state index contributed by atoms with van der Waals surface area (Å²) >= 11 is 0. The Labute approximate surface area is 114 Å². The molecule has 4 nitrogen and oxygen atoms in total. The molecule has 3 rings (SSSR count). The van der Waals surface area contributed by atoms with Gasteiger partial charge in [0.15, 0.2) is 11.6 Å². The van der Waals surface area contributed by atoms with Crippen LogP contribution in [0.1, 0.15) is 16.8 Å². The normalized spacial score (nSPS) is 14.1. The van der Waals surface area contributed by atoms with E-state index in [2.05, 4.69) is 10.3 Å². The molecule has 0 radical (unpaired) electrons. The highest BCUT2D eigenvalue weighted by atomic mass is 19.2. The number of hydrogen-bond donors (Lipinski definition) is 1. The molecule has 0 saturated carbocycles. The number of nitrogens with one attached hydrogen (secondary N) is 1. The molecule has 1 aliphatic heterocycles. The predicted molar refractivity (Wildman–Crippen MR) is 69.4 cm³/mol. The van der Waals surface area contributed by atoms with E-state index in [1.54, 1.807) is 0 Å². The molecule has 0 amide bonds. The molecule has 104 valence electrons. The Morgan fingerprint density at radius 3 is 3.05 bits per heavy atom. The third-order valence-corrected chi connectivity index (χ3v) is 3.44. The van der Waals surface area contributed by atoms with Crippen LogP contribution in [-0.2, 0) is 19.5 Å². The van der Waals surface area contributed by atoms with E-state index in [-0.39, 0.29) is 17.7 Å². The summed E-state index contributed by atoms with van der Waals surface area (Å²) in [5.41, 5.74) is 1.35. The van der Waals surface area contributed by atoms with Gasteiger partial charge < -0.3 is 5.32 Å². The van der Waals surface area contributed by atoms with Gasteiger partial charge in [0, 0.05) is 17.7 Å². The van der Waals surface area contributed by atoms with Crippen LogP contribution in [0, 0.1) is 11.6 Å². The van der Waals surface area contributed by atoms with E-state index < -0.39 is 11.6 Å². The Balaban J connectivity index is 1.99. The second-order valence-electron chi connectivity index (χ2n) is 4.74. The fraction of sp³-hybridized carbons (Fsp3) is 0.286. The molecular formula is C14H13F2N3O. The smallest absolute Gasteiger partial charge is 0.257 e. The molecule has 6 heteroatoms. The van der Waals surface area contributed by atoms with E-state index in [0.717, 1.165) is 18.3 Å². The topological polar surface area (TPSA) is 46.9 Å². The van der Waals surface area contributed by atoms with Crippen molar-refractivity contribution < 1.29 is 8.78 Å². The first-order chi connectivity index (χ1) is 9.66. The highest BCUT2D eigenvalue weighted by Gasteiger charge is 2.16. The first kappa shape index (κ1) is 12.9. The Kier molecular flexibility index (Phi) is 3.31. The second-order valence-corrected chi connectivity index (χ2v) is 4.74. The molecule has 20 heavy (non-hydrogen) atoms. The molecule has 1 aromatic carbocycles. The molecule has 0 aliphatic carbocycles. The summed E-state index contributed by atoms with van der Waals surface area (Å²) in [6.07, 6.45) is 1.99. The Bertz CT molecular complexity index is 712. The van der Waals surface area contributed by atoms with Crippen LogP contribution in [0.5, 0.6) is 0 Å². The van der Waals surface area contributed by atoms with Crippen LogP contribution >= 0.6 is 0 Å². The largest absolute Gasteiger partial charge is 0.311 e. The quantitative estimate of drug-likeness (QED) is 0.897. The number of aromatic nitrogens is 2. The van der Waals surface area contributed by atoms with Gasteiger partial charge in [0.2, 0.25) is 0 Å². The van der Waals surface area contributed by atoms with Gasteiger partial charge in [0.05, 0.1) is 18.6 Å². The number of rotatable bonds is 2. The summed E-state index contributed by atoms with van der Waals surface area (Å²) in [5, 5.41) is 3.13. The van der Waals surface area contributed by atoms with Gasteiger partial charge in [-0.2, -0.15) is 0 Å². The third-order valence-electron chi connectivity index (χ3n) is 3.44. The molecule has 0 atom stereocenters. The van der Waals surface area contributed by atoms with E-state index in [1.165, 1.54) is 23.0 Å². The molecule has 0 saturated heterocycles. The molecule has 0 fully saturated rings. The number of benzene rings is 1. The minimum absolute atomic E-state index is 0.0177. The standard InChI is InChI=1S/C14H13F2N3O/c15-11-3-1-2-9(13(11)16)7-19-8-18-12-6-17-5-4-10(12)14(19)20/h1-3,8,17H,4-7H2. The van der Waals surface area contributed by atoms with Gasteiger partial charge in [-0.3, -0.25) is 9.36 Å². The van der Waals surface area contributed by atoms with Crippen molar-refractivity contribution in [2.45, 2.75) is 19.5 Å². The van der Waals surface area contributed by atoms with E-state index in [4.69, 9.17) is 0 Å². The minimum atomic E-state index is -0.918. The number of halogens is 2. The molecule has 0 unspecified atom stereocenters. The van der Waals surface area contributed by atoms with Crippen LogP contribution in [0.2, 0.25) is 0 Å². The zero-order chi connectivity index (χ0) is 14.1. The monoisotopic (exact) mass is 277 g/mol. The zero-order valence-electron chi connectivity index (χ0n) is 10.7. The van der Waals surface area contributed by atoms with Crippen molar-refractivity contribution in [3.8, 4) is 0 Å². The van der Waals surface area contributed by atoms with Gasteiger partial charge in [-0.1, -0.05) is 12.1 Å². The first-order valence-electron chi connectivity index (χ1n) is 6.37.